The SMILES string of the molecule is CN(C)C(=O)N1CC[C@H](c2ccc(F)cc2)[C@@H](COc2ccc3c(c2)OCO3)C1. The molecule has 6 nitrogen and oxygen atoms in total. The van der Waals surface area contributed by atoms with E-state index < -0.39 is 0 Å². The number of piperidine rings is 1. The van der Waals surface area contributed by atoms with Gasteiger partial charge in [0.15, 0.2) is 11.5 Å². The van der Waals surface area contributed by atoms with Crippen LogP contribution in [0, 0.1) is 11.7 Å². The van der Waals surface area contributed by atoms with E-state index >= 15 is 0 Å². The Balaban J connectivity index is 1.50. The molecule has 2 aliphatic heterocycles. The van der Waals surface area contributed by atoms with E-state index in [1.165, 1.54) is 12.1 Å². The first kappa shape index (κ1) is 19.4. The maximum Gasteiger partial charge on any atom is 0.319 e. The van der Waals surface area contributed by atoms with Gasteiger partial charge in [0.25, 0.3) is 0 Å². The second-order valence-corrected chi connectivity index (χ2v) is 7.66. The number of amides is 2. The second kappa shape index (κ2) is 8.19. The first-order valence-electron chi connectivity index (χ1n) is 9.75. The minimum absolute atomic E-state index is 0.00404. The van der Waals surface area contributed by atoms with Crippen molar-refractivity contribution >= 4 is 6.03 Å². The Hall–Kier alpha value is -2.96. The van der Waals surface area contributed by atoms with Crippen LogP contribution >= 0.6 is 0 Å². The first-order chi connectivity index (χ1) is 14.0. The molecule has 2 amide bonds. The maximum atomic E-state index is 13.4. The minimum Gasteiger partial charge on any atom is -0.493 e. The summed E-state index contributed by atoms with van der Waals surface area (Å²) in [5.41, 5.74) is 1.07. The predicted octanol–water partition coefficient (Wildman–Crippen LogP) is 3.72. The minimum atomic E-state index is -0.248. The highest BCUT2D eigenvalue weighted by Gasteiger charge is 2.33. The van der Waals surface area contributed by atoms with Crippen LogP contribution in [0.3, 0.4) is 0 Å². The van der Waals surface area contributed by atoms with E-state index in [4.69, 9.17) is 14.2 Å². The Morgan fingerprint density at radius 1 is 1.17 bits per heavy atom. The molecule has 2 atom stereocenters. The number of benzene rings is 2. The van der Waals surface area contributed by atoms with Crippen LogP contribution in [0.2, 0.25) is 0 Å². The molecule has 0 aromatic heterocycles. The zero-order valence-electron chi connectivity index (χ0n) is 16.6. The van der Waals surface area contributed by atoms with Crippen molar-refractivity contribution in [1.82, 2.24) is 9.80 Å². The average Bonchev–Trinajstić information content (AvgIpc) is 3.20. The van der Waals surface area contributed by atoms with Gasteiger partial charge < -0.3 is 24.0 Å². The number of fused-ring (bicyclic) bond motifs is 1. The number of likely N-dealkylation sites (tertiary alicyclic amines) is 1. The first-order valence-corrected chi connectivity index (χ1v) is 9.75. The number of ether oxygens (including phenoxy) is 3. The molecule has 0 unspecified atom stereocenters. The molecule has 4 rings (SSSR count). The number of urea groups is 1. The lowest BCUT2D eigenvalue weighted by molar-refractivity contribution is 0.109. The molecule has 7 heteroatoms. The van der Waals surface area contributed by atoms with E-state index in [1.54, 1.807) is 19.0 Å². The third-order valence-corrected chi connectivity index (χ3v) is 5.49. The van der Waals surface area contributed by atoms with Crippen molar-refractivity contribution in [3.63, 3.8) is 0 Å². The molecule has 0 spiro atoms. The van der Waals surface area contributed by atoms with E-state index in [0.717, 1.165) is 12.0 Å². The van der Waals surface area contributed by atoms with Gasteiger partial charge in [-0.2, -0.15) is 0 Å². The molecule has 2 aliphatic rings. The summed E-state index contributed by atoms with van der Waals surface area (Å²) in [5, 5.41) is 0. The Bertz CT molecular complexity index is 872. The largest absolute Gasteiger partial charge is 0.493 e. The van der Waals surface area contributed by atoms with Crippen molar-refractivity contribution in [3.8, 4) is 17.2 Å². The van der Waals surface area contributed by atoms with Crippen LogP contribution in [-0.2, 0) is 0 Å². The van der Waals surface area contributed by atoms with Crippen LogP contribution in [0.1, 0.15) is 17.9 Å². The van der Waals surface area contributed by atoms with Crippen molar-refractivity contribution < 1.29 is 23.4 Å². The molecule has 1 saturated heterocycles. The van der Waals surface area contributed by atoms with Crippen molar-refractivity contribution in [1.29, 1.82) is 0 Å². The molecule has 29 heavy (non-hydrogen) atoms. The van der Waals surface area contributed by atoms with Gasteiger partial charge in [-0.3, -0.25) is 0 Å². The predicted molar refractivity (Wildman–Crippen MR) is 106 cm³/mol. The standard InChI is InChI=1S/C22H25FN2O4/c1-24(2)22(26)25-10-9-19(15-3-5-17(23)6-4-15)16(12-25)13-27-18-7-8-20-21(11-18)29-14-28-20/h3-8,11,16,19H,9-10,12-14H2,1-2H3/t16-,19-/m1/s1. The third kappa shape index (κ3) is 4.23. The highest BCUT2D eigenvalue weighted by Crippen LogP contribution is 2.37. The number of hydrogen-bond acceptors (Lipinski definition) is 4. The molecule has 0 saturated carbocycles. The van der Waals surface area contributed by atoms with Crippen LogP contribution < -0.4 is 14.2 Å². The van der Waals surface area contributed by atoms with Crippen LogP contribution in [0.4, 0.5) is 9.18 Å². The highest BCUT2D eigenvalue weighted by molar-refractivity contribution is 5.74. The molecule has 0 aliphatic carbocycles. The molecular weight excluding hydrogens is 375 g/mol. The van der Waals surface area contributed by atoms with E-state index in [9.17, 15) is 9.18 Å². The Morgan fingerprint density at radius 2 is 1.93 bits per heavy atom. The zero-order chi connectivity index (χ0) is 20.4. The maximum absolute atomic E-state index is 13.4. The molecule has 0 N–H and O–H groups in total. The fraction of sp³-hybridized carbons (Fsp3) is 0.409. The van der Waals surface area contributed by atoms with Gasteiger partial charge >= 0.3 is 6.03 Å². The molecule has 1 fully saturated rings. The number of carbonyl (C=O) groups excluding carboxylic acids is 1. The normalized spacial score (nSPS) is 20.4. The molecule has 0 radical (unpaired) electrons. The fourth-order valence-electron chi connectivity index (χ4n) is 3.98. The molecule has 154 valence electrons. The number of rotatable bonds is 4. The number of carbonyl (C=O) groups is 1. The molecular formula is C22H25FN2O4. The molecule has 2 aromatic rings. The smallest absolute Gasteiger partial charge is 0.319 e. The molecule has 0 bridgehead atoms. The number of hydrogen-bond donors (Lipinski definition) is 0. The molecule has 2 heterocycles. The summed E-state index contributed by atoms with van der Waals surface area (Å²) in [6.07, 6.45) is 0.806. The van der Waals surface area contributed by atoms with Gasteiger partial charge in [-0.15, -0.1) is 0 Å². The summed E-state index contributed by atoms with van der Waals surface area (Å²) in [5.74, 6) is 2.11. The van der Waals surface area contributed by atoms with Crippen molar-refractivity contribution in [2.75, 3.05) is 40.6 Å². The van der Waals surface area contributed by atoms with Gasteiger partial charge in [0, 0.05) is 39.2 Å². The topological polar surface area (TPSA) is 51.2 Å². The number of nitrogens with zero attached hydrogens (tertiary/aromatic N) is 2. The summed E-state index contributed by atoms with van der Waals surface area (Å²) < 4.78 is 30.2. The highest BCUT2D eigenvalue weighted by atomic mass is 19.1. The van der Waals surface area contributed by atoms with Crippen molar-refractivity contribution in [3.05, 3.63) is 53.8 Å². The Labute approximate surface area is 169 Å². The van der Waals surface area contributed by atoms with Crippen molar-refractivity contribution in [2.24, 2.45) is 5.92 Å². The van der Waals surface area contributed by atoms with E-state index in [-0.39, 0.29) is 30.5 Å². The quantitative estimate of drug-likeness (QED) is 0.785. The number of halogens is 1. The van der Waals surface area contributed by atoms with Crippen molar-refractivity contribution in [2.45, 2.75) is 12.3 Å². The van der Waals surface area contributed by atoms with Crippen LogP contribution in [0.5, 0.6) is 17.2 Å². The van der Waals surface area contributed by atoms with Crippen LogP contribution in [-0.4, -0.2) is 56.4 Å². The van der Waals surface area contributed by atoms with E-state index in [0.29, 0.717) is 36.9 Å². The Kier molecular flexibility index (Phi) is 5.47. The van der Waals surface area contributed by atoms with Gasteiger partial charge in [-0.05, 0) is 42.2 Å². The second-order valence-electron chi connectivity index (χ2n) is 7.66. The zero-order valence-corrected chi connectivity index (χ0v) is 16.6. The van der Waals surface area contributed by atoms with Gasteiger partial charge in [-0.1, -0.05) is 12.1 Å². The summed E-state index contributed by atoms with van der Waals surface area (Å²) in [4.78, 5) is 15.9. The van der Waals surface area contributed by atoms with Gasteiger partial charge in [0.05, 0.1) is 6.61 Å². The van der Waals surface area contributed by atoms with Gasteiger partial charge in [0.2, 0.25) is 6.79 Å². The summed E-state index contributed by atoms with van der Waals surface area (Å²) in [6, 6.07) is 12.1. The lowest BCUT2D eigenvalue weighted by Crippen LogP contribution is -2.48. The third-order valence-electron chi connectivity index (χ3n) is 5.49. The molecule has 2 aromatic carbocycles. The average molecular weight is 400 g/mol. The summed E-state index contributed by atoms with van der Waals surface area (Å²) >= 11 is 0. The van der Waals surface area contributed by atoms with Crippen LogP contribution in [0.25, 0.3) is 0 Å². The summed E-state index contributed by atoms with van der Waals surface area (Å²) in [7, 11) is 3.51. The lowest BCUT2D eigenvalue weighted by Gasteiger charge is -2.39. The Morgan fingerprint density at radius 3 is 2.69 bits per heavy atom. The monoisotopic (exact) mass is 400 g/mol. The van der Waals surface area contributed by atoms with Crippen LogP contribution in [0.15, 0.2) is 42.5 Å². The van der Waals surface area contributed by atoms with E-state index in [2.05, 4.69) is 0 Å². The lowest BCUT2D eigenvalue weighted by atomic mass is 9.81. The van der Waals surface area contributed by atoms with Gasteiger partial charge in [-0.25, -0.2) is 9.18 Å². The van der Waals surface area contributed by atoms with Gasteiger partial charge in [0.1, 0.15) is 11.6 Å². The van der Waals surface area contributed by atoms with E-state index in [1.807, 2.05) is 35.2 Å². The summed E-state index contributed by atoms with van der Waals surface area (Å²) in [6.45, 7) is 1.91. The fourth-order valence-corrected chi connectivity index (χ4v) is 3.98.